The Hall–Kier alpha value is 0.0700. The molecule has 1 heterocycles. The van der Waals surface area contributed by atoms with E-state index in [2.05, 4.69) is 41.7 Å². The van der Waals surface area contributed by atoms with Crippen LogP contribution >= 0.6 is 7.59 Å². The molecule has 0 N–H and O–H groups in total. The molecule has 108 valence electrons. The SMILES string of the molecule is CCN(CC)P(=O)(N(CC)CC)N1CCOCC1. The molecule has 0 unspecified atom stereocenters. The van der Waals surface area contributed by atoms with E-state index < -0.39 is 7.59 Å². The van der Waals surface area contributed by atoms with Gasteiger partial charge in [-0.15, -0.1) is 0 Å². The molecule has 0 aliphatic carbocycles. The highest BCUT2D eigenvalue weighted by Gasteiger charge is 2.40. The van der Waals surface area contributed by atoms with E-state index in [4.69, 9.17) is 4.74 Å². The number of hydrogen-bond donors (Lipinski definition) is 0. The zero-order chi connectivity index (χ0) is 13.6. The van der Waals surface area contributed by atoms with Crippen molar-refractivity contribution in [3.8, 4) is 0 Å². The number of rotatable bonds is 7. The summed E-state index contributed by atoms with van der Waals surface area (Å²) in [6.07, 6.45) is 0. The molecule has 0 aromatic rings. The predicted molar refractivity (Wildman–Crippen MR) is 75.8 cm³/mol. The van der Waals surface area contributed by atoms with Crippen molar-refractivity contribution in [2.45, 2.75) is 27.7 Å². The van der Waals surface area contributed by atoms with Gasteiger partial charge in [-0.3, -0.25) is 4.57 Å². The van der Waals surface area contributed by atoms with Crippen molar-refractivity contribution in [1.29, 1.82) is 0 Å². The maximum atomic E-state index is 13.6. The van der Waals surface area contributed by atoms with Gasteiger partial charge in [-0.05, 0) is 0 Å². The Balaban J connectivity index is 3.01. The smallest absolute Gasteiger partial charge is 0.286 e. The van der Waals surface area contributed by atoms with Crippen LogP contribution in [0.1, 0.15) is 27.7 Å². The second-order valence-electron chi connectivity index (χ2n) is 4.36. The molecule has 0 radical (unpaired) electrons. The summed E-state index contributed by atoms with van der Waals surface area (Å²) in [6.45, 7) is 14.5. The Morgan fingerprint density at radius 1 is 0.944 bits per heavy atom. The average Bonchev–Trinajstić information content (AvgIpc) is 2.42. The minimum atomic E-state index is -2.60. The minimum absolute atomic E-state index is 0.687. The average molecular weight is 277 g/mol. The number of morpholine rings is 1. The first-order valence-electron chi connectivity index (χ1n) is 7.09. The summed E-state index contributed by atoms with van der Waals surface area (Å²) in [5.74, 6) is 0. The standard InChI is InChI=1S/C12H28N3O2P/c1-5-13(6-2)18(16,14(7-3)8-4)15-9-11-17-12-10-15/h5-12H2,1-4H3. The monoisotopic (exact) mass is 277 g/mol. The largest absolute Gasteiger partial charge is 0.379 e. The molecule has 0 bridgehead atoms. The molecule has 0 aromatic carbocycles. The van der Waals surface area contributed by atoms with E-state index in [1.165, 1.54) is 0 Å². The van der Waals surface area contributed by atoms with Crippen LogP contribution in [0.3, 0.4) is 0 Å². The molecule has 1 aliphatic heterocycles. The zero-order valence-corrected chi connectivity index (χ0v) is 13.2. The molecule has 6 heteroatoms. The quantitative estimate of drug-likeness (QED) is 0.666. The molecule has 5 nitrogen and oxygen atoms in total. The van der Waals surface area contributed by atoms with E-state index in [0.29, 0.717) is 13.2 Å². The van der Waals surface area contributed by atoms with E-state index in [-0.39, 0.29) is 0 Å². The minimum Gasteiger partial charge on any atom is -0.379 e. The van der Waals surface area contributed by atoms with Gasteiger partial charge in [0.2, 0.25) is 0 Å². The Kier molecular flexibility index (Phi) is 6.82. The molecule has 0 atom stereocenters. The van der Waals surface area contributed by atoms with Crippen molar-refractivity contribution in [3.05, 3.63) is 0 Å². The molecule has 0 spiro atoms. The molecular weight excluding hydrogens is 249 g/mol. The number of ether oxygens (including phenoxy) is 1. The van der Waals surface area contributed by atoms with E-state index in [1.807, 2.05) is 0 Å². The van der Waals surface area contributed by atoms with Crippen molar-refractivity contribution in [2.24, 2.45) is 0 Å². The fourth-order valence-electron chi connectivity index (χ4n) is 2.54. The van der Waals surface area contributed by atoms with Crippen LogP contribution in [0.2, 0.25) is 0 Å². The van der Waals surface area contributed by atoms with E-state index in [1.54, 1.807) is 0 Å². The molecule has 0 amide bonds. The maximum absolute atomic E-state index is 13.6. The summed E-state index contributed by atoms with van der Waals surface area (Å²) in [5.41, 5.74) is 0. The van der Waals surface area contributed by atoms with Crippen LogP contribution < -0.4 is 0 Å². The zero-order valence-electron chi connectivity index (χ0n) is 12.3. The number of hydrogen-bond acceptors (Lipinski definition) is 2. The van der Waals surface area contributed by atoms with Gasteiger partial charge in [-0.25, -0.2) is 14.0 Å². The third kappa shape index (κ3) is 3.14. The maximum Gasteiger partial charge on any atom is 0.286 e. The second kappa shape index (κ2) is 7.61. The van der Waals surface area contributed by atoms with Gasteiger partial charge in [-0.1, -0.05) is 27.7 Å². The summed E-state index contributed by atoms with van der Waals surface area (Å²) >= 11 is 0. The lowest BCUT2D eigenvalue weighted by Crippen LogP contribution is -2.45. The fourth-order valence-corrected chi connectivity index (χ4v) is 5.77. The summed E-state index contributed by atoms with van der Waals surface area (Å²) in [4.78, 5) is 0. The first kappa shape index (κ1) is 16.1. The Morgan fingerprint density at radius 3 is 1.67 bits per heavy atom. The van der Waals surface area contributed by atoms with Gasteiger partial charge in [0, 0.05) is 39.3 Å². The Labute approximate surface area is 112 Å². The highest BCUT2D eigenvalue weighted by atomic mass is 31.2. The van der Waals surface area contributed by atoms with Gasteiger partial charge < -0.3 is 4.74 Å². The van der Waals surface area contributed by atoms with Gasteiger partial charge in [0.05, 0.1) is 13.2 Å². The topological polar surface area (TPSA) is 36.0 Å². The van der Waals surface area contributed by atoms with Crippen LogP contribution in [-0.4, -0.2) is 66.5 Å². The third-order valence-corrected chi connectivity index (χ3v) is 7.30. The molecule has 0 aromatic heterocycles. The molecule has 1 fully saturated rings. The van der Waals surface area contributed by atoms with Crippen molar-refractivity contribution < 1.29 is 9.30 Å². The molecular formula is C12H28N3O2P. The Morgan fingerprint density at radius 2 is 1.33 bits per heavy atom. The predicted octanol–water partition coefficient (Wildman–Crippen LogP) is 2.11. The lowest BCUT2D eigenvalue weighted by Gasteiger charge is -2.45. The molecule has 0 saturated carbocycles. The summed E-state index contributed by atoms with van der Waals surface area (Å²) in [6, 6.07) is 0. The van der Waals surface area contributed by atoms with Crippen LogP contribution in [0.5, 0.6) is 0 Å². The van der Waals surface area contributed by atoms with Crippen LogP contribution in [0.15, 0.2) is 0 Å². The Bertz CT molecular complexity index is 258. The summed E-state index contributed by atoms with van der Waals surface area (Å²) in [7, 11) is -2.60. The van der Waals surface area contributed by atoms with Crippen LogP contribution in [0.25, 0.3) is 0 Å². The van der Waals surface area contributed by atoms with Crippen molar-refractivity contribution in [1.82, 2.24) is 14.0 Å². The summed E-state index contributed by atoms with van der Waals surface area (Å²) < 4.78 is 25.4. The second-order valence-corrected chi connectivity index (χ2v) is 7.08. The molecule has 18 heavy (non-hydrogen) atoms. The van der Waals surface area contributed by atoms with Crippen molar-refractivity contribution in [3.63, 3.8) is 0 Å². The van der Waals surface area contributed by atoms with E-state index in [0.717, 1.165) is 39.3 Å². The summed E-state index contributed by atoms with van der Waals surface area (Å²) in [5, 5.41) is 0. The first-order valence-corrected chi connectivity index (χ1v) is 8.65. The molecule has 1 aliphatic rings. The van der Waals surface area contributed by atoms with Crippen LogP contribution in [0.4, 0.5) is 0 Å². The van der Waals surface area contributed by atoms with Gasteiger partial charge in [0.25, 0.3) is 7.59 Å². The fraction of sp³-hybridized carbons (Fsp3) is 1.00. The third-order valence-electron chi connectivity index (χ3n) is 3.55. The van der Waals surface area contributed by atoms with E-state index in [9.17, 15) is 4.57 Å². The highest BCUT2D eigenvalue weighted by molar-refractivity contribution is 7.56. The lowest BCUT2D eigenvalue weighted by atomic mass is 10.5. The van der Waals surface area contributed by atoms with Gasteiger partial charge in [-0.2, -0.15) is 0 Å². The highest BCUT2D eigenvalue weighted by Crippen LogP contribution is 2.56. The normalized spacial score (nSPS) is 18.8. The number of nitrogens with zero attached hydrogens (tertiary/aromatic N) is 3. The van der Waals surface area contributed by atoms with Gasteiger partial charge >= 0.3 is 0 Å². The first-order chi connectivity index (χ1) is 8.64. The van der Waals surface area contributed by atoms with Crippen LogP contribution in [0, 0.1) is 0 Å². The van der Waals surface area contributed by atoms with E-state index >= 15 is 0 Å². The van der Waals surface area contributed by atoms with Gasteiger partial charge in [0.15, 0.2) is 0 Å². The van der Waals surface area contributed by atoms with Crippen molar-refractivity contribution >= 4 is 7.59 Å². The lowest BCUT2D eigenvalue weighted by molar-refractivity contribution is 0.0645. The van der Waals surface area contributed by atoms with Crippen molar-refractivity contribution in [2.75, 3.05) is 52.5 Å². The van der Waals surface area contributed by atoms with Gasteiger partial charge in [0.1, 0.15) is 0 Å². The van der Waals surface area contributed by atoms with Crippen LogP contribution in [-0.2, 0) is 9.30 Å². The molecule has 1 rings (SSSR count). The molecule has 1 saturated heterocycles.